The number of hydrogen-bond donors (Lipinski definition) is 3. The second-order valence-electron chi connectivity index (χ2n) is 8.12. The van der Waals surface area contributed by atoms with E-state index in [4.69, 9.17) is 0 Å². The van der Waals surface area contributed by atoms with Crippen molar-refractivity contribution in [1.82, 2.24) is 0 Å². The van der Waals surface area contributed by atoms with Crippen LogP contribution >= 0.6 is 0 Å². The Morgan fingerprint density at radius 3 is 1.91 bits per heavy atom. The van der Waals surface area contributed by atoms with Gasteiger partial charge in [0.05, 0.1) is 6.10 Å². The van der Waals surface area contributed by atoms with Gasteiger partial charge in [0, 0.05) is 46.9 Å². The van der Waals surface area contributed by atoms with Gasteiger partial charge in [0.1, 0.15) is 24.1 Å². The fourth-order valence-corrected chi connectivity index (χ4v) is 4.31. The number of anilines is 1. The zero-order valence-electron chi connectivity index (χ0n) is 17.5. The summed E-state index contributed by atoms with van der Waals surface area (Å²) >= 11 is 0. The van der Waals surface area contributed by atoms with Crippen molar-refractivity contribution in [2.24, 2.45) is 0 Å². The van der Waals surface area contributed by atoms with Gasteiger partial charge in [-0.2, -0.15) is 0 Å². The summed E-state index contributed by atoms with van der Waals surface area (Å²) in [5.41, 5.74) is 3.48. The average Bonchev–Trinajstić information content (AvgIpc) is 2.82. The zero-order valence-corrected chi connectivity index (χ0v) is 17.5. The largest absolute Gasteiger partial charge is 0.508 e. The van der Waals surface area contributed by atoms with Gasteiger partial charge in [-0.1, -0.05) is 12.1 Å². The van der Waals surface area contributed by atoms with Crippen LogP contribution in [0.2, 0.25) is 0 Å². The number of phenolic OH excluding ortho intramolecular Hbond substituents is 2. The summed E-state index contributed by atoms with van der Waals surface area (Å²) in [7, 11) is 0. The molecule has 32 heavy (non-hydrogen) atoms. The van der Waals surface area contributed by atoms with Crippen LogP contribution in [0.4, 0.5) is 5.69 Å². The lowest BCUT2D eigenvalue weighted by atomic mass is 9.82. The summed E-state index contributed by atoms with van der Waals surface area (Å²) in [6, 6.07) is 17.0. The van der Waals surface area contributed by atoms with Crippen LogP contribution in [-0.4, -0.2) is 47.1 Å². The van der Waals surface area contributed by atoms with Gasteiger partial charge in [0.2, 0.25) is 0 Å². The van der Waals surface area contributed by atoms with Crippen molar-refractivity contribution < 1.29 is 24.9 Å². The Morgan fingerprint density at radius 2 is 1.38 bits per heavy atom. The molecule has 0 spiro atoms. The average molecular weight is 431 g/mol. The second kappa shape index (κ2) is 9.24. The molecule has 164 valence electrons. The van der Waals surface area contributed by atoms with Crippen LogP contribution in [0.1, 0.15) is 56.2 Å². The quantitative estimate of drug-likeness (QED) is 0.405. The van der Waals surface area contributed by atoms with Crippen molar-refractivity contribution >= 4 is 18.3 Å². The summed E-state index contributed by atoms with van der Waals surface area (Å²) < 4.78 is 0. The number of aliphatic hydroxyl groups is 1. The molecule has 3 N–H and O–H groups in total. The molecule has 0 unspecified atom stereocenters. The van der Waals surface area contributed by atoms with Gasteiger partial charge in [-0.25, -0.2) is 0 Å². The number of aromatic hydroxyl groups is 2. The molecule has 6 nitrogen and oxygen atoms in total. The van der Waals surface area contributed by atoms with Crippen LogP contribution in [0.3, 0.4) is 0 Å². The molecule has 0 atom stereocenters. The molecule has 0 aromatic heterocycles. The van der Waals surface area contributed by atoms with Gasteiger partial charge in [0.15, 0.2) is 0 Å². The maximum atomic E-state index is 11.4. The molecule has 4 rings (SSSR count). The first-order chi connectivity index (χ1) is 15.5. The van der Waals surface area contributed by atoms with Crippen molar-refractivity contribution in [2.75, 3.05) is 18.0 Å². The summed E-state index contributed by atoms with van der Waals surface area (Å²) in [6.45, 7) is 1.46. The molecular weight excluding hydrogens is 406 g/mol. The first kappa shape index (κ1) is 21.6. The number of nitrogens with zero attached hydrogens (tertiary/aromatic N) is 1. The van der Waals surface area contributed by atoms with Gasteiger partial charge < -0.3 is 20.2 Å². The Kier molecular flexibility index (Phi) is 6.23. The molecule has 0 saturated carbocycles. The predicted octanol–water partition coefficient (Wildman–Crippen LogP) is 3.86. The lowest BCUT2D eigenvalue weighted by molar-refractivity contribution is 0.111. The maximum Gasteiger partial charge on any atom is 0.150 e. The van der Waals surface area contributed by atoms with Crippen molar-refractivity contribution in [1.29, 1.82) is 0 Å². The summed E-state index contributed by atoms with van der Waals surface area (Å²) in [5, 5.41) is 31.2. The third-order valence-corrected chi connectivity index (χ3v) is 6.03. The van der Waals surface area contributed by atoms with E-state index in [9.17, 15) is 24.9 Å². The van der Waals surface area contributed by atoms with Gasteiger partial charge in [-0.3, -0.25) is 9.59 Å². The highest BCUT2D eigenvalue weighted by molar-refractivity contribution is 5.78. The number of carbonyl (C=O) groups excluding carboxylic acids is 2. The van der Waals surface area contributed by atoms with Crippen LogP contribution < -0.4 is 4.90 Å². The van der Waals surface area contributed by atoms with Crippen molar-refractivity contribution in [3.05, 3.63) is 88.5 Å². The van der Waals surface area contributed by atoms with Crippen molar-refractivity contribution in [2.45, 2.75) is 24.9 Å². The minimum Gasteiger partial charge on any atom is -0.508 e. The van der Waals surface area contributed by atoms with E-state index in [-0.39, 0.29) is 17.6 Å². The molecular formula is C26H25NO5. The molecule has 0 bridgehead atoms. The SMILES string of the molecule is O=Cc1ccc(O)c(C(c2cccc(N3CCC(O)CC3)c2)c2cc(C=O)ccc2O)c1. The number of carbonyl (C=O) groups is 2. The Labute approximate surface area is 186 Å². The normalized spacial score (nSPS) is 14.5. The second-order valence-corrected chi connectivity index (χ2v) is 8.12. The number of hydrogen-bond acceptors (Lipinski definition) is 6. The fraction of sp³-hybridized carbons (Fsp3) is 0.231. The predicted molar refractivity (Wildman–Crippen MR) is 122 cm³/mol. The Bertz CT molecular complexity index is 1080. The van der Waals surface area contributed by atoms with Crippen LogP contribution in [0.15, 0.2) is 60.7 Å². The van der Waals surface area contributed by atoms with Gasteiger partial charge in [0.25, 0.3) is 0 Å². The van der Waals surface area contributed by atoms with Crippen LogP contribution in [0.5, 0.6) is 11.5 Å². The molecule has 6 heteroatoms. The molecule has 0 radical (unpaired) electrons. The van der Waals surface area contributed by atoms with Crippen LogP contribution in [0, 0.1) is 0 Å². The molecule has 1 aliphatic rings. The van der Waals surface area contributed by atoms with E-state index in [0.717, 1.165) is 24.3 Å². The Morgan fingerprint density at radius 1 is 0.812 bits per heavy atom. The smallest absolute Gasteiger partial charge is 0.150 e. The van der Waals surface area contributed by atoms with E-state index in [1.165, 1.54) is 24.3 Å². The summed E-state index contributed by atoms with van der Waals surface area (Å²) in [6.07, 6.45) is 2.51. The molecule has 1 saturated heterocycles. The standard InChI is InChI=1S/C26H25NO5/c28-15-17-4-6-24(31)22(12-17)26(23-13-18(16-29)5-7-25(23)32)19-2-1-3-20(14-19)27-10-8-21(30)9-11-27/h1-7,12-16,21,26,30-32H,8-11H2. The van der Waals surface area contributed by atoms with Gasteiger partial charge in [-0.15, -0.1) is 0 Å². The Hall–Kier alpha value is -3.64. The topological polar surface area (TPSA) is 98.1 Å². The zero-order chi connectivity index (χ0) is 22.7. The number of aldehydes is 2. The molecule has 1 aliphatic heterocycles. The molecule has 1 fully saturated rings. The van der Waals surface area contributed by atoms with E-state index in [2.05, 4.69) is 4.90 Å². The number of aliphatic hydroxyl groups excluding tert-OH is 1. The fourth-order valence-electron chi connectivity index (χ4n) is 4.31. The number of phenols is 2. The third-order valence-electron chi connectivity index (χ3n) is 6.03. The van der Waals surface area contributed by atoms with E-state index < -0.39 is 5.92 Å². The molecule has 3 aromatic carbocycles. The van der Waals surface area contributed by atoms with Crippen LogP contribution in [0.25, 0.3) is 0 Å². The first-order valence-corrected chi connectivity index (χ1v) is 10.6. The number of benzene rings is 3. The highest BCUT2D eigenvalue weighted by Gasteiger charge is 2.25. The Balaban J connectivity index is 1.87. The maximum absolute atomic E-state index is 11.4. The van der Waals surface area contributed by atoms with E-state index in [1.807, 2.05) is 24.3 Å². The monoisotopic (exact) mass is 431 g/mol. The minimum absolute atomic E-state index is 0.0111. The van der Waals surface area contributed by atoms with E-state index in [1.54, 1.807) is 12.1 Å². The van der Waals surface area contributed by atoms with Crippen molar-refractivity contribution in [3.63, 3.8) is 0 Å². The lowest BCUT2D eigenvalue weighted by Gasteiger charge is -2.32. The lowest BCUT2D eigenvalue weighted by Crippen LogP contribution is -2.35. The molecule has 1 heterocycles. The first-order valence-electron chi connectivity index (χ1n) is 10.6. The van der Waals surface area contributed by atoms with Gasteiger partial charge >= 0.3 is 0 Å². The van der Waals surface area contributed by atoms with Gasteiger partial charge in [-0.05, 0) is 66.9 Å². The number of piperidine rings is 1. The molecule has 0 amide bonds. The molecule has 3 aromatic rings. The highest BCUT2D eigenvalue weighted by Crippen LogP contribution is 2.42. The van der Waals surface area contributed by atoms with Crippen LogP contribution in [-0.2, 0) is 0 Å². The third kappa shape index (κ3) is 4.36. The molecule has 0 aliphatic carbocycles. The van der Waals surface area contributed by atoms with Crippen molar-refractivity contribution in [3.8, 4) is 11.5 Å². The van der Waals surface area contributed by atoms with E-state index in [0.29, 0.717) is 47.7 Å². The highest BCUT2D eigenvalue weighted by atomic mass is 16.3. The number of rotatable bonds is 6. The minimum atomic E-state index is -0.606. The van der Waals surface area contributed by atoms with E-state index >= 15 is 0 Å². The summed E-state index contributed by atoms with van der Waals surface area (Å²) in [4.78, 5) is 25.0. The summed E-state index contributed by atoms with van der Waals surface area (Å²) in [5.74, 6) is -0.629.